The monoisotopic (exact) mass is 250 g/mol. The third kappa shape index (κ3) is 2.26. The Bertz CT molecular complexity index is 136. The van der Waals surface area contributed by atoms with Crippen molar-refractivity contribution in [1.82, 2.24) is 0 Å². The first-order valence-electron chi connectivity index (χ1n) is 4.21. The molecule has 0 bridgehead atoms. The SMILES string of the molecule is CCCCCC1=C(I)CC1. The molecule has 0 heterocycles. The van der Waals surface area contributed by atoms with Gasteiger partial charge in [-0.15, -0.1) is 0 Å². The van der Waals surface area contributed by atoms with Gasteiger partial charge in [-0.3, -0.25) is 0 Å². The summed E-state index contributed by atoms with van der Waals surface area (Å²) in [6.07, 6.45) is 8.31. The molecule has 0 spiro atoms. The average molecular weight is 250 g/mol. The van der Waals surface area contributed by atoms with E-state index in [9.17, 15) is 0 Å². The molecule has 0 aromatic rings. The van der Waals surface area contributed by atoms with Crippen LogP contribution in [-0.2, 0) is 0 Å². The minimum Gasteiger partial charge on any atom is -0.0654 e. The van der Waals surface area contributed by atoms with Crippen LogP contribution in [0.25, 0.3) is 0 Å². The van der Waals surface area contributed by atoms with Gasteiger partial charge in [-0.05, 0) is 51.9 Å². The number of hydrogen-bond donors (Lipinski definition) is 0. The number of allylic oxidation sites excluding steroid dienone is 2. The molecule has 0 amide bonds. The molecule has 0 saturated carbocycles. The summed E-state index contributed by atoms with van der Waals surface area (Å²) in [5.74, 6) is 0. The Morgan fingerprint density at radius 1 is 1.30 bits per heavy atom. The topological polar surface area (TPSA) is 0 Å². The normalized spacial score (nSPS) is 17.4. The Kier molecular flexibility index (Phi) is 3.74. The first kappa shape index (κ1) is 8.57. The van der Waals surface area contributed by atoms with E-state index in [1.54, 1.807) is 9.15 Å². The van der Waals surface area contributed by atoms with Crippen molar-refractivity contribution in [2.24, 2.45) is 0 Å². The summed E-state index contributed by atoms with van der Waals surface area (Å²) in [7, 11) is 0. The molecule has 0 N–H and O–H groups in total. The van der Waals surface area contributed by atoms with E-state index in [-0.39, 0.29) is 0 Å². The van der Waals surface area contributed by atoms with Crippen molar-refractivity contribution in [2.45, 2.75) is 45.4 Å². The van der Waals surface area contributed by atoms with E-state index in [4.69, 9.17) is 0 Å². The van der Waals surface area contributed by atoms with Crippen LogP contribution in [0.5, 0.6) is 0 Å². The fourth-order valence-electron chi connectivity index (χ4n) is 1.25. The third-order valence-corrected chi connectivity index (χ3v) is 3.41. The quantitative estimate of drug-likeness (QED) is 0.521. The summed E-state index contributed by atoms with van der Waals surface area (Å²) < 4.78 is 1.65. The molecular formula is C9H15I. The van der Waals surface area contributed by atoms with Crippen LogP contribution in [0, 0.1) is 0 Å². The maximum Gasteiger partial charge on any atom is -0.00987 e. The smallest absolute Gasteiger partial charge is 0.00987 e. The number of halogens is 1. The highest BCUT2D eigenvalue weighted by Crippen LogP contribution is 2.35. The predicted octanol–water partition coefficient (Wildman–Crippen LogP) is 4.05. The van der Waals surface area contributed by atoms with E-state index in [1.165, 1.54) is 38.5 Å². The Balaban J connectivity index is 2.09. The second-order valence-corrected chi connectivity index (χ2v) is 4.27. The molecule has 1 aliphatic carbocycles. The Morgan fingerprint density at radius 3 is 2.50 bits per heavy atom. The summed E-state index contributed by atoms with van der Waals surface area (Å²) in [4.78, 5) is 0. The predicted molar refractivity (Wildman–Crippen MR) is 54.4 cm³/mol. The van der Waals surface area contributed by atoms with Gasteiger partial charge in [0.15, 0.2) is 0 Å². The first-order chi connectivity index (χ1) is 4.84. The van der Waals surface area contributed by atoms with Crippen molar-refractivity contribution in [1.29, 1.82) is 0 Å². The van der Waals surface area contributed by atoms with Gasteiger partial charge in [0.1, 0.15) is 0 Å². The highest BCUT2D eigenvalue weighted by Gasteiger charge is 2.12. The summed E-state index contributed by atoms with van der Waals surface area (Å²) in [5.41, 5.74) is 1.74. The summed E-state index contributed by atoms with van der Waals surface area (Å²) in [6, 6.07) is 0. The lowest BCUT2D eigenvalue weighted by atomic mass is 9.94. The molecule has 0 aliphatic heterocycles. The lowest BCUT2D eigenvalue weighted by Gasteiger charge is -2.18. The van der Waals surface area contributed by atoms with Crippen LogP contribution < -0.4 is 0 Å². The zero-order valence-corrected chi connectivity index (χ0v) is 8.78. The van der Waals surface area contributed by atoms with Crippen LogP contribution in [0.1, 0.15) is 45.4 Å². The summed E-state index contributed by atoms with van der Waals surface area (Å²) in [5, 5.41) is 0. The molecule has 0 atom stereocenters. The van der Waals surface area contributed by atoms with E-state index in [0.717, 1.165) is 0 Å². The average Bonchev–Trinajstić information content (AvgIpc) is 1.95. The maximum atomic E-state index is 2.49. The van der Waals surface area contributed by atoms with Crippen molar-refractivity contribution >= 4 is 22.6 Å². The minimum atomic E-state index is 1.35. The van der Waals surface area contributed by atoms with E-state index in [1.807, 2.05) is 0 Å². The van der Waals surface area contributed by atoms with E-state index < -0.39 is 0 Å². The van der Waals surface area contributed by atoms with Crippen LogP contribution in [-0.4, -0.2) is 0 Å². The van der Waals surface area contributed by atoms with Gasteiger partial charge in [0.05, 0.1) is 0 Å². The van der Waals surface area contributed by atoms with Gasteiger partial charge in [0.25, 0.3) is 0 Å². The molecule has 0 saturated heterocycles. The maximum absolute atomic E-state index is 2.49. The zero-order chi connectivity index (χ0) is 7.40. The summed E-state index contributed by atoms with van der Waals surface area (Å²) >= 11 is 2.49. The van der Waals surface area contributed by atoms with Crippen molar-refractivity contribution in [2.75, 3.05) is 0 Å². The molecule has 0 nitrogen and oxygen atoms in total. The molecule has 0 radical (unpaired) electrons. The number of rotatable bonds is 4. The Labute approximate surface area is 77.2 Å². The Hall–Kier alpha value is 0.470. The van der Waals surface area contributed by atoms with Gasteiger partial charge in [0.2, 0.25) is 0 Å². The molecule has 1 aliphatic rings. The molecule has 0 fully saturated rings. The lowest BCUT2D eigenvalue weighted by molar-refractivity contribution is 0.671. The van der Waals surface area contributed by atoms with Crippen LogP contribution in [0.4, 0.5) is 0 Å². The largest absolute Gasteiger partial charge is 0.0654 e. The van der Waals surface area contributed by atoms with Crippen molar-refractivity contribution < 1.29 is 0 Å². The van der Waals surface area contributed by atoms with Crippen LogP contribution in [0.2, 0.25) is 0 Å². The highest BCUT2D eigenvalue weighted by molar-refractivity contribution is 14.1. The van der Waals surface area contributed by atoms with E-state index >= 15 is 0 Å². The molecule has 1 rings (SSSR count). The zero-order valence-electron chi connectivity index (χ0n) is 6.62. The van der Waals surface area contributed by atoms with Gasteiger partial charge in [-0.25, -0.2) is 0 Å². The molecule has 1 heteroatoms. The van der Waals surface area contributed by atoms with E-state index in [0.29, 0.717) is 0 Å². The molecule has 10 heavy (non-hydrogen) atoms. The standard InChI is InChI=1S/C9H15I/c1-2-3-4-5-8-6-7-9(8)10/h2-7H2,1H3. The van der Waals surface area contributed by atoms with Gasteiger partial charge < -0.3 is 0 Å². The second kappa shape index (κ2) is 4.37. The van der Waals surface area contributed by atoms with Crippen molar-refractivity contribution in [3.8, 4) is 0 Å². The van der Waals surface area contributed by atoms with Crippen LogP contribution >= 0.6 is 22.6 Å². The lowest BCUT2D eigenvalue weighted by Crippen LogP contribution is -1.98. The fraction of sp³-hybridized carbons (Fsp3) is 0.778. The van der Waals surface area contributed by atoms with Gasteiger partial charge in [-0.1, -0.05) is 25.3 Å². The Morgan fingerprint density at radius 2 is 2.10 bits per heavy atom. The van der Waals surface area contributed by atoms with E-state index in [2.05, 4.69) is 29.5 Å². The van der Waals surface area contributed by atoms with Crippen molar-refractivity contribution in [3.05, 3.63) is 9.15 Å². The molecule has 0 unspecified atom stereocenters. The number of unbranched alkanes of at least 4 members (excludes halogenated alkanes) is 2. The third-order valence-electron chi connectivity index (χ3n) is 2.11. The van der Waals surface area contributed by atoms with Gasteiger partial charge in [0, 0.05) is 0 Å². The van der Waals surface area contributed by atoms with Gasteiger partial charge >= 0.3 is 0 Å². The minimum absolute atomic E-state index is 1.35. The van der Waals surface area contributed by atoms with Crippen LogP contribution in [0.3, 0.4) is 0 Å². The second-order valence-electron chi connectivity index (χ2n) is 2.97. The molecule has 58 valence electrons. The first-order valence-corrected chi connectivity index (χ1v) is 5.29. The highest BCUT2D eigenvalue weighted by atomic mass is 127. The fourth-order valence-corrected chi connectivity index (χ4v) is 2.05. The van der Waals surface area contributed by atoms with Crippen molar-refractivity contribution in [3.63, 3.8) is 0 Å². The van der Waals surface area contributed by atoms with Crippen LogP contribution in [0.15, 0.2) is 9.15 Å². The summed E-state index contributed by atoms with van der Waals surface area (Å²) in [6.45, 7) is 2.26. The number of hydrogen-bond acceptors (Lipinski definition) is 0. The van der Waals surface area contributed by atoms with Gasteiger partial charge in [-0.2, -0.15) is 0 Å². The molecular weight excluding hydrogens is 235 g/mol. The molecule has 0 aromatic carbocycles. The molecule has 0 aromatic heterocycles.